The summed E-state index contributed by atoms with van der Waals surface area (Å²) in [5.74, 6) is -1.15. The maximum absolute atomic E-state index is 12.6. The van der Waals surface area contributed by atoms with Crippen LogP contribution in [0, 0.1) is 5.92 Å². The minimum absolute atomic E-state index is 0.0623. The SMILES string of the molecule is CCc1c(C(=O)Nc2ccc(C(=O)NCCC(=O)O)cc2)cnn1CC(C)C. The topological polar surface area (TPSA) is 113 Å². The molecule has 0 radical (unpaired) electrons. The molecular formula is C20H26N4O4. The van der Waals surface area contributed by atoms with Crippen molar-refractivity contribution in [3.63, 3.8) is 0 Å². The van der Waals surface area contributed by atoms with E-state index in [-0.39, 0.29) is 24.8 Å². The number of benzene rings is 1. The molecule has 1 heterocycles. The molecule has 0 aliphatic carbocycles. The first-order valence-electron chi connectivity index (χ1n) is 9.27. The van der Waals surface area contributed by atoms with Gasteiger partial charge in [-0.1, -0.05) is 20.8 Å². The van der Waals surface area contributed by atoms with Gasteiger partial charge in [0, 0.05) is 24.3 Å². The van der Waals surface area contributed by atoms with Crippen molar-refractivity contribution >= 4 is 23.5 Å². The molecular weight excluding hydrogens is 360 g/mol. The summed E-state index contributed by atoms with van der Waals surface area (Å²) in [6.07, 6.45) is 2.15. The standard InChI is InChI=1S/C20H26N4O4/c1-4-17-16(11-22-24(17)12-13(2)3)20(28)23-15-7-5-14(6-8-15)19(27)21-10-9-18(25)26/h5-8,11,13H,4,9-10,12H2,1-3H3,(H,21,27)(H,23,28)(H,25,26). The zero-order valence-electron chi connectivity index (χ0n) is 16.4. The van der Waals surface area contributed by atoms with Gasteiger partial charge in [-0.2, -0.15) is 5.10 Å². The Kier molecular flexibility index (Phi) is 7.31. The third kappa shape index (κ3) is 5.67. The number of carbonyl (C=O) groups excluding carboxylic acids is 2. The second kappa shape index (κ2) is 9.68. The molecule has 3 N–H and O–H groups in total. The zero-order chi connectivity index (χ0) is 20.7. The molecule has 0 unspecified atom stereocenters. The Labute approximate surface area is 163 Å². The highest BCUT2D eigenvalue weighted by atomic mass is 16.4. The Balaban J connectivity index is 2.02. The van der Waals surface area contributed by atoms with Crippen LogP contribution >= 0.6 is 0 Å². The molecule has 1 aromatic carbocycles. The van der Waals surface area contributed by atoms with E-state index >= 15 is 0 Å². The minimum atomic E-state index is -0.971. The minimum Gasteiger partial charge on any atom is -0.481 e. The van der Waals surface area contributed by atoms with Crippen LogP contribution < -0.4 is 10.6 Å². The van der Waals surface area contributed by atoms with Crippen LogP contribution in [-0.2, 0) is 17.8 Å². The maximum atomic E-state index is 12.6. The van der Waals surface area contributed by atoms with E-state index < -0.39 is 5.97 Å². The molecule has 28 heavy (non-hydrogen) atoms. The summed E-state index contributed by atoms with van der Waals surface area (Å²) in [5.41, 5.74) is 2.38. The highest BCUT2D eigenvalue weighted by Crippen LogP contribution is 2.16. The van der Waals surface area contributed by atoms with Gasteiger partial charge in [0.1, 0.15) is 0 Å². The van der Waals surface area contributed by atoms with E-state index in [1.807, 2.05) is 11.6 Å². The van der Waals surface area contributed by atoms with Crippen LogP contribution in [0.2, 0.25) is 0 Å². The molecule has 0 saturated heterocycles. The van der Waals surface area contributed by atoms with Crippen LogP contribution in [0.5, 0.6) is 0 Å². The predicted octanol–water partition coefficient (Wildman–Crippen LogP) is 2.56. The lowest BCUT2D eigenvalue weighted by Crippen LogP contribution is -2.25. The number of carbonyl (C=O) groups is 3. The quantitative estimate of drug-likeness (QED) is 0.613. The van der Waals surface area contributed by atoms with Crippen molar-refractivity contribution in [1.82, 2.24) is 15.1 Å². The van der Waals surface area contributed by atoms with Crippen LogP contribution in [0.15, 0.2) is 30.5 Å². The Morgan fingerprint density at radius 2 is 1.82 bits per heavy atom. The molecule has 2 rings (SSSR count). The van der Waals surface area contributed by atoms with E-state index in [4.69, 9.17) is 5.11 Å². The fourth-order valence-electron chi connectivity index (χ4n) is 2.76. The molecule has 8 heteroatoms. The normalized spacial score (nSPS) is 10.7. The number of hydrogen-bond donors (Lipinski definition) is 3. The third-order valence-corrected chi connectivity index (χ3v) is 4.10. The largest absolute Gasteiger partial charge is 0.481 e. The Hall–Kier alpha value is -3.16. The molecule has 0 aliphatic heterocycles. The van der Waals surface area contributed by atoms with Gasteiger partial charge in [-0.3, -0.25) is 19.1 Å². The van der Waals surface area contributed by atoms with Crippen LogP contribution in [0.1, 0.15) is 53.6 Å². The number of nitrogens with one attached hydrogen (secondary N) is 2. The summed E-state index contributed by atoms with van der Waals surface area (Å²) < 4.78 is 1.87. The molecule has 0 bridgehead atoms. The third-order valence-electron chi connectivity index (χ3n) is 4.10. The number of carboxylic acids is 1. The van der Waals surface area contributed by atoms with E-state index in [0.717, 1.165) is 12.2 Å². The first-order chi connectivity index (χ1) is 13.3. The Morgan fingerprint density at radius 3 is 2.39 bits per heavy atom. The van der Waals surface area contributed by atoms with Crippen molar-refractivity contribution in [2.45, 2.75) is 40.2 Å². The van der Waals surface area contributed by atoms with E-state index in [1.54, 1.807) is 30.5 Å². The van der Waals surface area contributed by atoms with Gasteiger partial charge in [0.05, 0.1) is 23.9 Å². The fourth-order valence-corrected chi connectivity index (χ4v) is 2.76. The lowest BCUT2D eigenvalue weighted by atomic mass is 10.1. The highest BCUT2D eigenvalue weighted by Gasteiger charge is 2.17. The molecule has 0 fully saturated rings. The lowest BCUT2D eigenvalue weighted by Gasteiger charge is -2.10. The molecule has 0 aliphatic rings. The van der Waals surface area contributed by atoms with Crippen molar-refractivity contribution in [2.24, 2.45) is 5.92 Å². The Bertz CT molecular complexity index is 840. The summed E-state index contributed by atoms with van der Waals surface area (Å²) in [6, 6.07) is 6.42. The molecule has 0 saturated carbocycles. The van der Waals surface area contributed by atoms with Crippen LogP contribution in [-0.4, -0.2) is 39.2 Å². The van der Waals surface area contributed by atoms with E-state index in [0.29, 0.717) is 29.2 Å². The summed E-state index contributed by atoms with van der Waals surface area (Å²) >= 11 is 0. The average Bonchev–Trinajstić information content (AvgIpc) is 3.03. The number of hydrogen-bond acceptors (Lipinski definition) is 4. The molecule has 2 amide bonds. The number of rotatable bonds is 9. The maximum Gasteiger partial charge on any atom is 0.305 e. The molecule has 8 nitrogen and oxygen atoms in total. The first kappa shape index (κ1) is 21.1. The fraction of sp³-hybridized carbons (Fsp3) is 0.400. The Morgan fingerprint density at radius 1 is 1.14 bits per heavy atom. The van der Waals surface area contributed by atoms with Crippen molar-refractivity contribution in [1.29, 1.82) is 0 Å². The van der Waals surface area contributed by atoms with Gasteiger partial charge in [-0.15, -0.1) is 0 Å². The number of aromatic nitrogens is 2. The number of nitrogens with zero attached hydrogens (tertiary/aromatic N) is 2. The van der Waals surface area contributed by atoms with Crippen molar-refractivity contribution in [3.05, 3.63) is 47.3 Å². The molecule has 0 atom stereocenters. The zero-order valence-corrected chi connectivity index (χ0v) is 16.4. The first-order valence-corrected chi connectivity index (χ1v) is 9.27. The average molecular weight is 386 g/mol. The van der Waals surface area contributed by atoms with Crippen LogP contribution in [0.4, 0.5) is 5.69 Å². The number of amides is 2. The number of anilines is 1. The number of aliphatic carboxylic acids is 1. The van der Waals surface area contributed by atoms with Crippen molar-refractivity contribution < 1.29 is 19.5 Å². The van der Waals surface area contributed by atoms with Gasteiger partial charge in [0.25, 0.3) is 11.8 Å². The van der Waals surface area contributed by atoms with E-state index in [9.17, 15) is 14.4 Å². The van der Waals surface area contributed by atoms with Crippen molar-refractivity contribution in [3.8, 4) is 0 Å². The van der Waals surface area contributed by atoms with E-state index in [1.165, 1.54) is 0 Å². The second-order valence-electron chi connectivity index (χ2n) is 6.87. The van der Waals surface area contributed by atoms with Gasteiger partial charge >= 0.3 is 5.97 Å². The predicted molar refractivity (Wildman–Crippen MR) is 105 cm³/mol. The van der Waals surface area contributed by atoms with Gasteiger partial charge < -0.3 is 15.7 Å². The highest BCUT2D eigenvalue weighted by molar-refractivity contribution is 6.05. The van der Waals surface area contributed by atoms with Crippen LogP contribution in [0.25, 0.3) is 0 Å². The second-order valence-corrected chi connectivity index (χ2v) is 6.87. The van der Waals surface area contributed by atoms with Gasteiger partial charge in [-0.25, -0.2) is 0 Å². The summed E-state index contributed by atoms with van der Waals surface area (Å²) in [4.78, 5) is 35.1. The molecule has 150 valence electrons. The molecule has 2 aromatic rings. The summed E-state index contributed by atoms with van der Waals surface area (Å²) in [5, 5.41) is 18.3. The van der Waals surface area contributed by atoms with Gasteiger partial charge in [0.2, 0.25) is 0 Å². The summed E-state index contributed by atoms with van der Waals surface area (Å²) in [7, 11) is 0. The lowest BCUT2D eigenvalue weighted by molar-refractivity contribution is -0.136. The molecule has 0 spiro atoms. The van der Waals surface area contributed by atoms with Gasteiger partial charge in [0.15, 0.2) is 0 Å². The van der Waals surface area contributed by atoms with Crippen molar-refractivity contribution in [2.75, 3.05) is 11.9 Å². The van der Waals surface area contributed by atoms with E-state index in [2.05, 4.69) is 29.6 Å². The molecule has 1 aromatic heterocycles. The van der Waals surface area contributed by atoms with Crippen LogP contribution in [0.3, 0.4) is 0 Å². The smallest absolute Gasteiger partial charge is 0.305 e. The number of carboxylic acid groups (broad SMARTS) is 1. The summed E-state index contributed by atoms with van der Waals surface area (Å²) in [6.45, 7) is 7.00. The van der Waals surface area contributed by atoms with Gasteiger partial charge in [-0.05, 0) is 36.6 Å². The monoisotopic (exact) mass is 386 g/mol.